The average molecular weight is 410 g/mol. The Hall–Kier alpha value is -2.77. The van der Waals surface area contributed by atoms with Crippen LogP contribution in [0.3, 0.4) is 0 Å². The number of carbonyl (C=O) groups is 2. The number of carbonyl (C=O) groups excluding carboxylic acids is 2. The highest BCUT2D eigenvalue weighted by molar-refractivity contribution is 7.18. The smallest absolute Gasteiger partial charge is 0.340 e. The SMILES string of the molecule is CCOC(=O)c1ccccc1NC(=O)CN1CCC[C@@H]1c1nc2ccccc2s1. The summed E-state index contributed by atoms with van der Waals surface area (Å²) in [5.41, 5.74) is 1.85. The molecule has 1 atom stereocenters. The molecule has 4 rings (SSSR count). The number of benzene rings is 2. The Morgan fingerprint density at radius 2 is 2.00 bits per heavy atom. The van der Waals surface area contributed by atoms with Crippen molar-refractivity contribution in [2.75, 3.05) is 25.0 Å². The zero-order chi connectivity index (χ0) is 20.2. The number of aromatic nitrogens is 1. The highest BCUT2D eigenvalue weighted by atomic mass is 32.1. The van der Waals surface area contributed by atoms with E-state index in [4.69, 9.17) is 9.72 Å². The summed E-state index contributed by atoms with van der Waals surface area (Å²) in [6.07, 6.45) is 2.03. The molecule has 150 valence electrons. The second-order valence-electron chi connectivity index (χ2n) is 6.96. The van der Waals surface area contributed by atoms with Crippen molar-refractivity contribution in [1.29, 1.82) is 0 Å². The number of amides is 1. The van der Waals surface area contributed by atoms with E-state index in [2.05, 4.69) is 16.3 Å². The molecule has 1 fully saturated rings. The highest BCUT2D eigenvalue weighted by Gasteiger charge is 2.30. The predicted molar refractivity (Wildman–Crippen MR) is 114 cm³/mol. The largest absolute Gasteiger partial charge is 0.462 e. The summed E-state index contributed by atoms with van der Waals surface area (Å²) in [7, 11) is 0. The van der Waals surface area contributed by atoms with Crippen molar-refractivity contribution in [1.82, 2.24) is 9.88 Å². The molecular formula is C22H23N3O3S. The maximum Gasteiger partial charge on any atom is 0.340 e. The second kappa shape index (κ2) is 8.71. The summed E-state index contributed by atoms with van der Waals surface area (Å²) in [6, 6.07) is 15.2. The van der Waals surface area contributed by atoms with Crippen LogP contribution in [0.4, 0.5) is 5.69 Å². The summed E-state index contributed by atoms with van der Waals surface area (Å²) in [4.78, 5) is 31.8. The van der Waals surface area contributed by atoms with Gasteiger partial charge in [-0.1, -0.05) is 24.3 Å². The normalized spacial score (nSPS) is 16.8. The molecule has 1 aliphatic rings. The first-order chi connectivity index (χ1) is 14.2. The Balaban J connectivity index is 1.46. The minimum absolute atomic E-state index is 0.144. The van der Waals surface area contributed by atoms with Crippen LogP contribution in [0.25, 0.3) is 10.2 Å². The highest BCUT2D eigenvalue weighted by Crippen LogP contribution is 2.36. The van der Waals surface area contributed by atoms with Crippen LogP contribution in [0.5, 0.6) is 0 Å². The van der Waals surface area contributed by atoms with Crippen LogP contribution in [-0.4, -0.2) is 41.5 Å². The maximum atomic E-state index is 12.7. The average Bonchev–Trinajstić information content (AvgIpc) is 3.34. The number of hydrogen-bond donors (Lipinski definition) is 1. The van der Waals surface area contributed by atoms with Gasteiger partial charge in [-0.25, -0.2) is 9.78 Å². The van der Waals surface area contributed by atoms with Gasteiger partial charge in [0.05, 0.1) is 40.7 Å². The lowest BCUT2D eigenvalue weighted by Crippen LogP contribution is -2.33. The summed E-state index contributed by atoms with van der Waals surface area (Å²) < 4.78 is 6.25. The Morgan fingerprint density at radius 3 is 2.83 bits per heavy atom. The Kier molecular flexibility index (Phi) is 5.87. The molecule has 3 aromatic rings. The minimum Gasteiger partial charge on any atom is -0.462 e. The first kappa shape index (κ1) is 19.5. The minimum atomic E-state index is -0.433. The fraction of sp³-hybridized carbons (Fsp3) is 0.318. The topological polar surface area (TPSA) is 71.5 Å². The van der Waals surface area contributed by atoms with E-state index in [1.165, 1.54) is 4.70 Å². The fourth-order valence-corrected chi connectivity index (χ4v) is 4.82. The van der Waals surface area contributed by atoms with Crippen molar-refractivity contribution < 1.29 is 14.3 Å². The van der Waals surface area contributed by atoms with Gasteiger partial charge >= 0.3 is 5.97 Å². The van der Waals surface area contributed by atoms with Crippen LogP contribution in [0.2, 0.25) is 0 Å². The first-order valence-corrected chi connectivity index (χ1v) is 10.6. The molecule has 2 heterocycles. The number of hydrogen-bond acceptors (Lipinski definition) is 6. The van der Waals surface area contributed by atoms with Crippen LogP contribution in [0.15, 0.2) is 48.5 Å². The first-order valence-electron chi connectivity index (χ1n) is 9.81. The summed E-state index contributed by atoms with van der Waals surface area (Å²) >= 11 is 1.70. The fourth-order valence-electron chi connectivity index (χ4n) is 3.68. The number of rotatable bonds is 6. The van der Waals surface area contributed by atoms with Gasteiger partial charge in [-0.15, -0.1) is 11.3 Å². The molecule has 0 saturated carbocycles. The summed E-state index contributed by atoms with van der Waals surface area (Å²) in [5.74, 6) is -0.577. The molecule has 1 amide bonds. The maximum absolute atomic E-state index is 12.7. The van der Waals surface area contributed by atoms with Gasteiger partial charge in [0, 0.05) is 0 Å². The van der Waals surface area contributed by atoms with Crippen molar-refractivity contribution in [3.05, 3.63) is 59.1 Å². The third-order valence-electron chi connectivity index (χ3n) is 5.00. The molecule has 0 unspecified atom stereocenters. The molecule has 7 heteroatoms. The number of likely N-dealkylation sites (tertiary alicyclic amines) is 1. The third-order valence-corrected chi connectivity index (χ3v) is 6.14. The molecule has 1 aliphatic heterocycles. The Morgan fingerprint density at radius 1 is 1.21 bits per heavy atom. The predicted octanol–water partition coefficient (Wildman–Crippen LogP) is 4.25. The number of nitrogens with one attached hydrogen (secondary N) is 1. The Labute approximate surface area is 173 Å². The van der Waals surface area contributed by atoms with Gasteiger partial charge in [0.15, 0.2) is 0 Å². The lowest BCUT2D eigenvalue weighted by atomic mass is 10.1. The van der Waals surface area contributed by atoms with Crippen molar-refractivity contribution in [3.8, 4) is 0 Å². The van der Waals surface area contributed by atoms with Gasteiger partial charge in [-0.2, -0.15) is 0 Å². The molecule has 29 heavy (non-hydrogen) atoms. The molecule has 6 nitrogen and oxygen atoms in total. The number of ether oxygens (including phenoxy) is 1. The monoisotopic (exact) mass is 409 g/mol. The number of para-hydroxylation sites is 2. The van der Waals surface area contributed by atoms with E-state index >= 15 is 0 Å². The zero-order valence-corrected chi connectivity index (χ0v) is 17.1. The number of nitrogens with zero attached hydrogens (tertiary/aromatic N) is 2. The molecule has 1 saturated heterocycles. The summed E-state index contributed by atoms with van der Waals surface area (Å²) in [6.45, 7) is 3.17. The van der Waals surface area contributed by atoms with E-state index in [1.54, 1.807) is 42.5 Å². The van der Waals surface area contributed by atoms with Gasteiger partial charge in [0.2, 0.25) is 5.91 Å². The van der Waals surface area contributed by atoms with Gasteiger partial charge in [-0.05, 0) is 50.6 Å². The van der Waals surface area contributed by atoms with Crippen LogP contribution in [0, 0.1) is 0 Å². The molecule has 0 aliphatic carbocycles. The standard InChI is InChI=1S/C22H23N3O3S/c1-2-28-22(27)15-8-3-4-9-16(15)23-20(26)14-25-13-7-11-18(25)21-24-17-10-5-6-12-19(17)29-21/h3-6,8-10,12,18H,2,7,11,13-14H2,1H3,(H,23,26)/t18-/m1/s1. The van der Waals surface area contributed by atoms with Crippen LogP contribution < -0.4 is 5.32 Å². The van der Waals surface area contributed by atoms with Crippen molar-refractivity contribution in [3.63, 3.8) is 0 Å². The van der Waals surface area contributed by atoms with E-state index in [1.807, 2.05) is 18.2 Å². The molecular weight excluding hydrogens is 386 g/mol. The quantitative estimate of drug-likeness (QED) is 0.616. The molecule has 0 bridgehead atoms. The van der Waals surface area contributed by atoms with E-state index in [-0.39, 0.29) is 18.5 Å². The number of fused-ring (bicyclic) bond motifs is 1. The third kappa shape index (κ3) is 4.31. The van der Waals surface area contributed by atoms with E-state index < -0.39 is 5.97 Å². The lowest BCUT2D eigenvalue weighted by Gasteiger charge is -2.22. The van der Waals surface area contributed by atoms with E-state index in [9.17, 15) is 9.59 Å². The number of thiazole rings is 1. The van der Waals surface area contributed by atoms with Crippen molar-refractivity contribution in [2.24, 2.45) is 0 Å². The van der Waals surface area contributed by atoms with Crippen LogP contribution in [0.1, 0.15) is 41.2 Å². The molecule has 2 aromatic carbocycles. The zero-order valence-electron chi connectivity index (χ0n) is 16.3. The second-order valence-corrected chi connectivity index (χ2v) is 8.02. The summed E-state index contributed by atoms with van der Waals surface area (Å²) in [5, 5.41) is 3.94. The number of esters is 1. The molecule has 1 aromatic heterocycles. The van der Waals surface area contributed by atoms with Gasteiger partial charge in [0.25, 0.3) is 0 Å². The van der Waals surface area contributed by atoms with Crippen LogP contribution in [-0.2, 0) is 9.53 Å². The van der Waals surface area contributed by atoms with Gasteiger partial charge < -0.3 is 10.1 Å². The van der Waals surface area contributed by atoms with E-state index in [0.29, 0.717) is 17.9 Å². The van der Waals surface area contributed by atoms with Crippen molar-refractivity contribution >= 4 is 39.1 Å². The van der Waals surface area contributed by atoms with Crippen LogP contribution >= 0.6 is 11.3 Å². The Bertz CT molecular complexity index is 1000. The molecule has 0 spiro atoms. The van der Waals surface area contributed by atoms with Gasteiger partial charge in [-0.3, -0.25) is 9.69 Å². The van der Waals surface area contributed by atoms with E-state index in [0.717, 1.165) is 29.9 Å². The van der Waals surface area contributed by atoms with Gasteiger partial charge in [0.1, 0.15) is 5.01 Å². The molecule has 0 radical (unpaired) electrons. The lowest BCUT2D eigenvalue weighted by molar-refractivity contribution is -0.117. The number of anilines is 1. The van der Waals surface area contributed by atoms with Crippen molar-refractivity contribution in [2.45, 2.75) is 25.8 Å². The molecule has 1 N–H and O–H groups in total.